The number of amides is 6. The van der Waals surface area contributed by atoms with Crippen molar-refractivity contribution in [3.05, 3.63) is 65.4 Å². The number of carbonyl (C=O) groups excluding carboxylic acids is 6. The number of hydrogen-bond acceptors (Lipinski definition) is 7. The molecule has 3 atom stereocenters. The van der Waals surface area contributed by atoms with Crippen LogP contribution < -0.4 is 38.5 Å². The van der Waals surface area contributed by atoms with Gasteiger partial charge in [0.2, 0.25) is 29.5 Å². The summed E-state index contributed by atoms with van der Waals surface area (Å²) in [5.74, 6) is -3.80. The number of carbonyl (C=O) groups is 6. The van der Waals surface area contributed by atoms with E-state index in [2.05, 4.69) is 38.2 Å². The molecule has 0 fully saturated rings. The van der Waals surface area contributed by atoms with Crippen molar-refractivity contribution in [2.45, 2.75) is 141 Å². The van der Waals surface area contributed by atoms with E-state index in [1.807, 2.05) is 24.3 Å². The maximum Gasteiger partial charge on any atom is 0.257 e. The maximum atomic E-state index is 14.2. The van der Waals surface area contributed by atoms with E-state index in [1.165, 1.54) is 57.8 Å². The summed E-state index contributed by atoms with van der Waals surface area (Å²) in [6.45, 7) is 3.33. The number of para-hydroxylation sites is 1. The smallest absolute Gasteiger partial charge is 0.257 e. The van der Waals surface area contributed by atoms with E-state index in [0.717, 1.165) is 46.2 Å². The lowest BCUT2D eigenvalue weighted by molar-refractivity contribution is -0.132. The normalized spacial score (nSPS) is 14.6. The molecule has 1 aliphatic heterocycles. The van der Waals surface area contributed by atoms with Crippen LogP contribution in [0.5, 0.6) is 0 Å². The molecule has 16 nitrogen and oxygen atoms in total. The number of H-pyrrole nitrogens is 1. The Morgan fingerprint density at radius 3 is 2.13 bits per heavy atom. The molecule has 0 saturated carbocycles. The van der Waals surface area contributed by atoms with Gasteiger partial charge in [-0.2, -0.15) is 0 Å². The molecule has 1 unspecified atom stereocenters. The van der Waals surface area contributed by atoms with Gasteiger partial charge in [-0.1, -0.05) is 114 Å². The molecule has 3 aromatic rings. The van der Waals surface area contributed by atoms with E-state index in [4.69, 9.17) is 17.2 Å². The molecule has 11 N–H and O–H groups in total. The first-order valence-electron chi connectivity index (χ1n) is 22.4. The van der Waals surface area contributed by atoms with Gasteiger partial charge in [-0.05, 0) is 49.9 Å². The number of fused-ring (bicyclic) bond motifs is 2. The molecule has 4 rings (SSSR count). The average Bonchev–Trinajstić information content (AvgIpc) is 3.61. The van der Waals surface area contributed by atoms with Crippen LogP contribution >= 0.6 is 0 Å². The lowest BCUT2D eigenvalue weighted by Crippen LogP contribution is -2.57. The summed E-state index contributed by atoms with van der Waals surface area (Å²) < 4.78 is 0. The first-order chi connectivity index (χ1) is 29.9. The SMILES string of the molecule is CCCCCCCCCCCCCCCC(=O)NCC1C(=O)Nc2ccc(C)cc2C(=O)N1CC(=O)N[C@@H](CCCN=C(N)N)C(=O)N[C@@H](Cc1c[nH]c2ccccc12)C(N)=O. The molecule has 62 heavy (non-hydrogen) atoms. The summed E-state index contributed by atoms with van der Waals surface area (Å²) in [6.07, 6.45) is 17.8. The Kier molecular flexibility index (Phi) is 20.2. The Bertz CT molecular complexity index is 1990. The number of guanidine groups is 1. The molecule has 1 aromatic heterocycles. The maximum absolute atomic E-state index is 14.2. The van der Waals surface area contributed by atoms with Crippen molar-refractivity contribution >= 4 is 58.0 Å². The van der Waals surface area contributed by atoms with Gasteiger partial charge in [-0.15, -0.1) is 0 Å². The van der Waals surface area contributed by atoms with Gasteiger partial charge in [0.1, 0.15) is 24.7 Å². The zero-order valence-corrected chi connectivity index (χ0v) is 36.6. The van der Waals surface area contributed by atoms with Crippen LogP contribution in [0, 0.1) is 6.92 Å². The largest absolute Gasteiger partial charge is 0.370 e. The Hall–Kier alpha value is -5.93. The fraction of sp³-hybridized carbons (Fsp3) is 0.543. The van der Waals surface area contributed by atoms with Crippen LogP contribution in [0.2, 0.25) is 0 Å². The Balaban J connectivity index is 1.39. The van der Waals surface area contributed by atoms with Crippen molar-refractivity contribution in [2.24, 2.45) is 22.2 Å². The van der Waals surface area contributed by atoms with E-state index in [1.54, 1.807) is 31.3 Å². The second kappa shape index (κ2) is 25.8. The van der Waals surface area contributed by atoms with Crippen LogP contribution in [0.25, 0.3) is 10.9 Å². The van der Waals surface area contributed by atoms with Crippen molar-refractivity contribution in [3.8, 4) is 0 Å². The number of primary amides is 1. The number of unbranched alkanes of at least 4 members (excludes halogenated alkanes) is 12. The van der Waals surface area contributed by atoms with Gasteiger partial charge in [-0.25, -0.2) is 0 Å². The van der Waals surface area contributed by atoms with Gasteiger partial charge < -0.3 is 48.4 Å². The highest BCUT2D eigenvalue weighted by Crippen LogP contribution is 2.25. The molecular formula is C46H68N10O6. The number of aryl methyl sites for hydroxylation is 1. The van der Waals surface area contributed by atoms with Gasteiger partial charge in [0.05, 0.1) is 11.3 Å². The van der Waals surface area contributed by atoms with Gasteiger partial charge in [0.25, 0.3) is 5.91 Å². The number of benzene rings is 2. The molecule has 2 heterocycles. The molecule has 0 bridgehead atoms. The molecule has 0 aliphatic carbocycles. The van der Waals surface area contributed by atoms with Crippen LogP contribution in [-0.2, 0) is 30.4 Å². The van der Waals surface area contributed by atoms with Gasteiger partial charge in [0.15, 0.2) is 5.96 Å². The fourth-order valence-electron chi connectivity index (χ4n) is 7.77. The van der Waals surface area contributed by atoms with E-state index in [0.29, 0.717) is 6.42 Å². The molecule has 0 saturated heterocycles. The second-order valence-corrected chi connectivity index (χ2v) is 16.4. The van der Waals surface area contributed by atoms with Crippen LogP contribution in [0.3, 0.4) is 0 Å². The zero-order chi connectivity index (χ0) is 44.9. The predicted molar refractivity (Wildman–Crippen MR) is 243 cm³/mol. The van der Waals surface area contributed by atoms with Crippen LogP contribution in [0.1, 0.15) is 131 Å². The van der Waals surface area contributed by atoms with Crippen LogP contribution in [-0.4, -0.2) is 89.0 Å². The minimum atomic E-state index is -1.25. The van der Waals surface area contributed by atoms with Crippen molar-refractivity contribution in [3.63, 3.8) is 0 Å². The number of nitrogens with one attached hydrogen (secondary N) is 5. The third-order valence-electron chi connectivity index (χ3n) is 11.3. The zero-order valence-electron chi connectivity index (χ0n) is 36.6. The second-order valence-electron chi connectivity index (χ2n) is 16.4. The van der Waals surface area contributed by atoms with E-state index in [9.17, 15) is 28.8 Å². The number of nitrogens with zero attached hydrogens (tertiary/aromatic N) is 2. The Morgan fingerprint density at radius 1 is 0.806 bits per heavy atom. The summed E-state index contributed by atoms with van der Waals surface area (Å²) in [7, 11) is 0. The standard InChI is InChI=1S/C46H68N10O6/c1-3-4-5-6-7-8-9-10-11-12-13-14-15-22-40(57)52-29-39-44(61)54-36-24-23-31(2)26-34(36)45(62)56(39)30-41(58)53-37(21-18-25-50-46(48)49)43(60)55-38(42(47)59)27-32-28-51-35-20-17-16-19-33(32)35/h16-17,19-20,23-24,26,28,37-39,51H,3-15,18,21-22,25,27,29-30H2,1-2H3,(H2,47,59)(H,52,57)(H,53,58)(H,54,61)(H,55,60)(H4,48,49,50)/t37-,38-,39?/m0/s1. The predicted octanol–water partition coefficient (Wildman–Crippen LogP) is 4.59. The summed E-state index contributed by atoms with van der Waals surface area (Å²) in [4.78, 5) is 89.5. The van der Waals surface area contributed by atoms with Crippen LogP contribution in [0.4, 0.5) is 5.69 Å². The van der Waals surface area contributed by atoms with E-state index < -0.39 is 54.2 Å². The number of aromatic amines is 1. The topological polar surface area (TPSA) is 260 Å². The van der Waals surface area contributed by atoms with E-state index >= 15 is 0 Å². The highest BCUT2D eigenvalue weighted by molar-refractivity contribution is 6.11. The highest BCUT2D eigenvalue weighted by atomic mass is 16.2. The van der Waals surface area contributed by atoms with Crippen molar-refractivity contribution in [2.75, 3.05) is 25.0 Å². The van der Waals surface area contributed by atoms with Crippen molar-refractivity contribution in [1.29, 1.82) is 0 Å². The third kappa shape index (κ3) is 15.8. The Labute approximate surface area is 365 Å². The molecule has 16 heteroatoms. The first-order valence-corrected chi connectivity index (χ1v) is 22.4. The minimum absolute atomic E-state index is 0.0576. The molecule has 2 aromatic carbocycles. The summed E-state index contributed by atoms with van der Waals surface area (Å²) in [5.41, 5.74) is 19.6. The lowest BCUT2D eigenvalue weighted by Gasteiger charge is -2.29. The summed E-state index contributed by atoms with van der Waals surface area (Å²) >= 11 is 0. The van der Waals surface area contributed by atoms with Gasteiger partial charge in [-0.3, -0.25) is 33.8 Å². The minimum Gasteiger partial charge on any atom is -0.370 e. The van der Waals surface area contributed by atoms with Gasteiger partial charge in [0, 0.05) is 43.0 Å². The molecule has 0 spiro atoms. The third-order valence-corrected chi connectivity index (χ3v) is 11.3. The first kappa shape index (κ1) is 48.7. The Morgan fingerprint density at radius 2 is 1.47 bits per heavy atom. The molecule has 338 valence electrons. The van der Waals surface area contributed by atoms with Crippen molar-refractivity contribution < 1.29 is 28.8 Å². The number of rotatable bonds is 28. The monoisotopic (exact) mass is 857 g/mol. The lowest BCUT2D eigenvalue weighted by atomic mass is 10.0. The molecule has 1 aliphatic rings. The fourth-order valence-corrected chi connectivity index (χ4v) is 7.77. The van der Waals surface area contributed by atoms with Crippen molar-refractivity contribution in [1.82, 2.24) is 25.8 Å². The number of aromatic nitrogens is 1. The highest BCUT2D eigenvalue weighted by Gasteiger charge is 2.37. The quantitative estimate of drug-likeness (QED) is 0.0290. The summed E-state index contributed by atoms with van der Waals surface area (Å²) in [5, 5.41) is 11.9. The summed E-state index contributed by atoms with van der Waals surface area (Å²) in [6, 6.07) is 8.92. The number of nitrogens with two attached hydrogens (primary N) is 3. The van der Waals surface area contributed by atoms with E-state index in [-0.39, 0.29) is 61.9 Å². The molecule has 6 amide bonds. The number of hydrogen-bond donors (Lipinski definition) is 8. The average molecular weight is 857 g/mol. The molecule has 0 radical (unpaired) electrons. The number of aliphatic imine (C=N–C) groups is 1. The van der Waals surface area contributed by atoms with Crippen LogP contribution in [0.15, 0.2) is 53.7 Å². The van der Waals surface area contributed by atoms with Gasteiger partial charge >= 0.3 is 0 Å². The molecular weight excluding hydrogens is 789 g/mol. The number of anilines is 1.